The van der Waals surface area contributed by atoms with E-state index < -0.39 is 0 Å². The van der Waals surface area contributed by atoms with Gasteiger partial charge >= 0.3 is 0 Å². The molecule has 2 N–H and O–H groups in total. The number of nitrogens with zero attached hydrogens (tertiary/aromatic N) is 2. The Hall–Kier alpha value is -1.16. The smallest absolute Gasteiger partial charge is 0.242 e. The van der Waals surface area contributed by atoms with Gasteiger partial charge in [0.05, 0.1) is 6.04 Å². The molecule has 1 atom stereocenters. The average Bonchev–Trinajstić information content (AvgIpc) is 2.50. The molecule has 0 aromatic carbocycles. The molecule has 1 aromatic rings. The zero-order valence-electron chi connectivity index (χ0n) is 8.24. The molecule has 0 radical (unpaired) electrons. The van der Waals surface area contributed by atoms with Gasteiger partial charge in [-0.05, 0) is 12.8 Å². The highest BCUT2D eigenvalue weighted by molar-refractivity contribution is 5.51. The zero-order valence-corrected chi connectivity index (χ0v) is 8.24. The Morgan fingerprint density at radius 2 is 2.08 bits per heavy atom. The van der Waals surface area contributed by atoms with Gasteiger partial charge < -0.3 is 10.2 Å². The fraction of sp³-hybridized carbons (Fsp3) is 0.556. The van der Waals surface area contributed by atoms with Gasteiger partial charge in [0, 0.05) is 5.57 Å². The Balaban J connectivity index is 2.85. The summed E-state index contributed by atoms with van der Waals surface area (Å²) in [5, 5.41) is 7.68. The maximum atomic E-state index is 5.83. The standard InChI is InChI=1S/C9H15N3O/c1-5(2)7(10)9-12-11-8(13-9)6(3)4/h5,7H,3,10H2,1-2,4H3. The van der Waals surface area contributed by atoms with Crippen LogP contribution >= 0.6 is 0 Å². The molecule has 0 aliphatic carbocycles. The molecule has 1 unspecified atom stereocenters. The van der Waals surface area contributed by atoms with Crippen molar-refractivity contribution in [3.63, 3.8) is 0 Å². The Labute approximate surface area is 77.8 Å². The van der Waals surface area contributed by atoms with Gasteiger partial charge in [-0.25, -0.2) is 0 Å². The first-order valence-corrected chi connectivity index (χ1v) is 4.27. The predicted molar refractivity (Wildman–Crippen MR) is 50.8 cm³/mol. The van der Waals surface area contributed by atoms with Gasteiger partial charge in [-0.3, -0.25) is 0 Å². The normalized spacial score (nSPS) is 13.3. The molecule has 4 heteroatoms. The molecule has 0 spiro atoms. The third-order valence-electron chi connectivity index (χ3n) is 1.81. The molecule has 0 fully saturated rings. The highest BCUT2D eigenvalue weighted by Gasteiger charge is 2.17. The molecule has 72 valence electrons. The van der Waals surface area contributed by atoms with Crippen LogP contribution in [0.25, 0.3) is 5.57 Å². The molecule has 13 heavy (non-hydrogen) atoms. The number of rotatable bonds is 3. The number of allylic oxidation sites excluding steroid dienone is 1. The lowest BCUT2D eigenvalue weighted by atomic mass is 10.1. The third kappa shape index (κ3) is 2.15. The number of aromatic nitrogens is 2. The van der Waals surface area contributed by atoms with Gasteiger partial charge in [-0.2, -0.15) is 0 Å². The van der Waals surface area contributed by atoms with Crippen molar-refractivity contribution in [1.82, 2.24) is 10.2 Å². The van der Waals surface area contributed by atoms with Gasteiger partial charge in [-0.15, -0.1) is 10.2 Å². The second kappa shape index (κ2) is 3.70. The van der Waals surface area contributed by atoms with E-state index in [4.69, 9.17) is 10.2 Å². The summed E-state index contributed by atoms with van der Waals surface area (Å²) in [6.45, 7) is 9.54. The van der Waals surface area contributed by atoms with E-state index in [2.05, 4.69) is 16.8 Å². The molecule has 0 aliphatic heterocycles. The lowest BCUT2D eigenvalue weighted by Gasteiger charge is -2.09. The highest BCUT2D eigenvalue weighted by atomic mass is 16.4. The fourth-order valence-electron chi connectivity index (χ4n) is 0.827. The number of nitrogens with two attached hydrogens (primary N) is 1. The average molecular weight is 181 g/mol. The topological polar surface area (TPSA) is 64.9 Å². The quantitative estimate of drug-likeness (QED) is 0.771. The minimum absolute atomic E-state index is 0.194. The summed E-state index contributed by atoms with van der Waals surface area (Å²) in [6.07, 6.45) is 0. The Morgan fingerprint density at radius 3 is 2.46 bits per heavy atom. The summed E-state index contributed by atoms with van der Waals surface area (Å²) in [5.74, 6) is 1.23. The van der Waals surface area contributed by atoms with E-state index in [0.717, 1.165) is 5.57 Å². The van der Waals surface area contributed by atoms with Crippen LogP contribution in [-0.4, -0.2) is 10.2 Å². The minimum atomic E-state index is -0.194. The minimum Gasteiger partial charge on any atom is -0.419 e. The summed E-state index contributed by atoms with van der Waals surface area (Å²) in [5.41, 5.74) is 6.58. The van der Waals surface area contributed by atoms with Gasteiger partial charge in [0.1, 0.15) is 0 Å². The summed E-state index contributed by atoms with van der Waals surface area (Å²) in [6, 6.07) is -0.194. The molecule has 1 rings (SSSR count). The molecular weight excluding hydrogens is 166 g/mol. The van der Waals surface area contributed by atoms with Crippen molar-refractivity contribution in [3.05, 3.63) is 18.4 Å². The summed E-state index contributed by atoms with van der Waals surface area (Å²) in [4.78, 5) is 0. The van der Waals surface area contributed by atoms with Crippen molar-refractivity contribution in [2.24, 2.45) is 11.7 Å². The van der Waals surface area contributed by atoms with Crippen LogP contribution in [0.2, 0.25) is 0 Å². The second-order valence-electron chi connectivity index (χ2n) is 3.50. The largest absolute Gasteiger partial charge is 0.419 e. The first-order valence-electron chi connectivity index (χ1n) is 4.27. The first-order chi connectivity index (χ1) is 6.02. The van der Waals surface area contributed by atoms with Crippen LogP contribution in [0.5, 0.6) is 0 Å². The third-order valence-corrected chi connectivity index (χ3v) is 1.81. The molecular formula is C9H15N3O. The van der Waals surface area contributed by atoms with Crippen LogP contribution in [0, 0.1) is 5.92 Å². The zero-order chi connectivity index (χ0) is 10.0. The highest BCUT2D eigenvalue weighted by Crippen LogP contribution is 2.19. The maximum absolute atomic E-state index is 5.83. The Morgan fingerprint density at radius 1 is 1.46 bits per heavy atom. The molecule has 0 bridgehead atoms. The van der Waals surface area contributed by atoms with Crippen LogP contribution in [0.1, 0.15) is 38.6 Å². The molecule has 1 aromatic heterocycles. The van der Waals surface area contributed by atoms with Crippen LogP contribution < -0.4 is 5.73 Å². The van der Waals surface area contributed by atoms with Crippen LogP contribution in [-0.2, 0) is 0 Å². The SMILES string of the molecule is C=C(C)c1nnc(C(N)C(C)C)o1. The van der Waals surface area contributed by atoms with Gasteiger partial charge in [-0.1, -0.05) is 20.4 Å². The maximum Gasteiger partial charge on any atom is 0.242 e. The second-order valence-corrected chi connectivity index (χ2v) is 3.50. The fourth-order valence-corrected chi connectivity index (χ4v) is 0.827. The van der Waals surface area contributed by atoms with Crippen molar-refractivity contribution in [2.75, 3.05) is 0 Å². The van der Waals surface area contributed by atoms with E-state index in [1.165, 1.54) is 0 Å². The van der Waals surface area contributed by atoms with E-state index in [1.807, 2.05) is 20.8 Å². The molecule has 0 saturated carbocycles. The van der Waals surface area contributed by atoms with Gasteiger partial charge in [0.2, 0.25) is 11.8 Å². The molecule has 0 saturated heterocycles. The van der Waals surface area contributed by atoms with Crippen molar-refractivity contribution >= 4 is 5.57 Å². The Bertz CT molecular complexity index is 304. The van der Waals surface area contributed by atoms with Crippen molar-refractivity contribution in [3.8, 4) is 0 Å². The van der Waals surface area contributed by atoms with E-state index in [9.17, 15) is 0 Å². The van der Waals surface area contributed by atoms with E-state index in [1.54, 1.807) is 0 Å². The Kier molecular flexibility index (Phi) is 2.83. The molecule has 0 aliphatic rings. The van der Waals surface area contributed by atoms with Crippen molar-refractivity contribution in [1.29, 1.82) is 0 Å². The van der Waals surface area contributed by atoms with Gasteiger partial charge in [0.15, 0.2) is 0 Å². The summed E-state index contributed by atoms with van der Waals surface area (Å²) in [7, 11) is 0. The lowest BCUT2D eigenvalue weighted by molar-refractivity contribution is 0.384. The van der Waals surface area contributed by atoms with E-state index in [-0.39, 0.29) is 6.04 Å². The van der Waals surface area contributed by atoms with Crippen LogP contribution in [0.15, 0.2) is 11.0 Å². The van der Waals surface area contributed by atoms with Crippen LogP contribution in [0.4, 0.5) is 0 Å². The molecule has 4 nitrogen and oxygen atoms in total. The van der Waals surface area contributed by atoms with Gasteiger partial charge in [0.25, 0.3) is 0 Å². The predicted octanol–water partition coefficient (Wildman–Crippen LogP) is 1.76. The lowest BCUT2D eigenvalue weighted by Crippen LogP contribution is -2.16. The summed E-state index contributed by atoms with van der Waals surface area (Å²) >= 11 is 0. The summed E-state index contributed by atoms with van der Waals surface area (Å²) < 4.78 is 5.32. The van der Waals surface area contributed by atoms with Crippen molar-refractivity contribution in [2.45, 2.75) is 26.8 Å². The first kappa shape index (κ1) is 9.92. The molecule has 0 amide bonds. The number of hydrogen-bond acceptors (Lipinski definition) is 4. The number of hydrogen-bond donors (Lipinski definition) is 1. The van der Waals surface area contributed by atoms with Crippen molar-refractivity contribution < 1.29 is 4.42 Å². The molecule has 1 heterocycles. The van der Waals surface area contributed by atoms with E-state index >= 15 is 0 Å². The van der Waals surface area contributed by atoms with Crippen LogP contribution in [0.3, 0.4) is 0 Å². The monoisotopic (exact) mass is 181 g/mol. The van der Waals surface area contributed by atoms with E-state index in [0.29, 0.717) is 17.7 Å².